The van der Waals surface area contributed by atoms with Crippen LogP contribution in [0.1, 0.15) is 17.1 Å². The van der Waals surface area contributed by atoms with Crippen LogP contribution in [0, 0.1) is 6.92 Å². The SMILES string of the molecule is Cc1ccc(S(=O)(=O)NCc2ccc(/C=c3\sc4n(c3=O)CCN=4)o2)cc1. The van der Waals surface area contributed by atoms with Gasteiger partial charge in [0.1, 0.15) is 11.5 Å². The molecule has 7 nitrogen and oxygen atoms in total. The fourth-order valence-corrected chi connectivity index (χ4v) is 4.73. The van der Waals surface area contributed by atoms with E-state index in [1.165, 1.54) is 11.3 Å². The molecule has 3 aromatic rings. The van der Waals surface area contributed by atoms with E-state index in [2.05, 4.69) is 9.71 Å². The third-order valence-electron chi connectivity index (χ3n) is 4.18. The van der Waals surface area contributed by atoms with E-state index in [9.17, 15) is 13.2 Å². The Morgan fingerprint density at radius 2 is 2.04 bits per heavy atom. The van der Waals surface area contributed by atoms with Gasteiger partial charge in [-0.1, -0.05) is 29.0 Å². The molecular formula is C18H17N3O4S2. The Morgan fingerprint density at radius 1 is 1.26 bits per heavy atom. The second-order valence-corrected chi connectivity index (χ2v) is 8.95. The maximum atomic E-state index is 12.3. The quantitative estimate of drug-likeness (QED) is 0.680. The van der Waals surface area contributed by atoms with E-state index < -0.39 is 10.0 Å². The summed E-state index contributed by atoms with van der Waals surface area (Å²) in [5.41, 5.74) is 0.915. The largest absolute Gasteiger partial charge is 0.460 e. The third kappa shape index (κ3) is 3.66. The van der Waals surface area contributed by atoms with Crippen molar-refractivity contribution in [3.8, 4) is 0 Å². The van der Waals surface area contributed by atoms with Crippen LogP contribution in [0.25, 0.3) is 6.08 Å². The minimum absolute atomic E-state index is 0.0271. The van der Waals surface area contributed by atoms with Gasteiger partial charge in [0.05, 0.1) is 22.5 Å². The molecule has 0 bridgehead atoms. The van der Waals surface area contributed by atoms with Crippen molar-refractivity contribution in [2.45, 2.75) is 24.9 Å². The van der Waals surface area contributed by atoms with Gasteiger partial charge in [-0.3, -0.25) is 14.4 Å². The van der Waals surface area contributed by atoms with Gasteiger partial charge < -0.3 is 4.42 Å². The summed E-state index contributed by atoms with van der Waals surface area (Å²) in [6.07, 6.45) is 1.66. The third-order valence-corrected chi connectivity index (χ3v) is 6.64. The van der Waals surface area contributed by atoms with Crippen molar-refractivity contribution < 1.29 is 12.8 Å². The monoisotopic (exact) mass is 403 g/mol. The predicted molar refractivity (Wildman–Crippen MR) is 102 cm³/mol. The Kier molecular flexibility index (Phi) is 4.58. The zero-order valence-corrected chi connectivity index (χ0v) is 16.1. The van der Waals surface area contributed by atoms with Crippen molar-refractivity contribution in [3.63, 3.8) is 0 Å². The highest BCUT2D eigenvalue weighted by Crippen LogP contribution is 2.12. The van der Waals surface area contributed by atoms with Crippen molar-refractivity contribution in [3.05, 3.63) is 73.2 Å². The fourth-order valence-electron chi connectivity index (χ4n) is 2.73. The molecule has 3 heterocycles. The number of benzene rings is 1. The van der Waals surface area contributed by atoms with E-state index in [1.54, 1.807) is 47.0 Å². The number of thiazole rings is 1. The predicted octanol–water partition coefficient (Wildman–Crippen LogP) is 0.752. The molecular weight excluding hydrogens is 386 g/mol. The van der Waals surface area contributed by atoms with Crippen molar-refractivity contribution in [1.29, 1.82) is 0 Å². The standard InChI is InChI=1S/C18H17N3O4S2/c1-12-2-6-15(7-3-12)27(23,24)20-11-14-5-4-13(25-14)10-16-17(22)21-9-8-19-18(21)26-16/h2-7,10,20H,8-9,11H2,1H3/b16-10-. The topological polar surface area (TPSA) is 93.7 Å². The van der Waals surface area contributed by atoms with Crippen LogP contribution in [-0.4, -0.2) is 19.5 Å². The second kappa shape index (κ2) is 6.91. The Hall–Kier alpha value is -2.49. The number of rotatable bonds is 5. The molecule has 0 fully saturated rings. The molecule has 0 saturated carbocycles. The molecule has 9 heteroatoms. The molecule has 0 aliphatic carbocycles. The molecule has 27 heavy (non-hydrogen) atoms. The van der Waals surface area contributed by atoms with E-state index in [0.717, 1.165) is 10.4 Å². The molecule has 1 N–H and O–H groups in total. The summed E-state index contributed by atoms with van der Waals surface area (Å²) in [7, 11) is -3.61. The Balaban J connectivity index is 1.51. The molecule has 0 radical (unpaired) electrons. The number of aryl methyl sites for hydroxylation is 1. The molecule has 0 amide bonds. The summed E-state index contributed by atoms with van der Waals surface area (Å²) in [5.74, 6) is 0.961. The Labute approximate surface area is 159 Å². The van der Waals surface area contributed by atoms with Crippen LogP contribution in [0.5, 0.6) is 0 Å². The van der Waals surface area contributed by atoms with Gasteiger partial charge >= 0.3 is 0 Å². The van der Waals surface area contributed by atoms with Crippen molar-refractivity contribution in [1.82, 2.24) is 9.29 Å². The number of nitrogens with one attached hydrogen (secondary N) is 1. The Morgan fingerprint density at radius 3 is 2.78 bits per heavy atom. The molecule has 1 aliphatic rings. The minimum atomic E-state index is -3.61. The second-order valence-electron chi connectivity index (χ2n) is 6.17. The van der Waals surface area contributed by atoms with Crippen LogP contribution in [-0.2, 0) is 23.1 Å². The normalized spacial score (nSPS) is 14.3. The molecule has 1 aliphatic heterocycles. The summed E-state index contributed by atoms with van der Waals surface area (Å²) in [5, 5.41) is 0. The summed E-state index contributed by atoms with van der Waals surface area (Å²) >= 11 is 1.33. The van der Waals surface area contributed by atoms with Crippen LogP contribution in [0.3, 0.4) is 0 Å². The van der Waals surface area contributed by atoms with E-state index in [0.29, 0.717) is 29.1 Å². The lowest BCUT2D eigenvalue weighted by atomic mass is 10.2. The lowest BCUT2D eigenvalue weighted by Crippen LogP contribution is -2.29. The molecule has 1 aromatic carbocycles. The van der Waals surface area contributed by atoms with E-state index in [1.807, 2.05) is 6.92 Å². The number of nitrogens with zero attached hydrogens (tertiary/aromatic N) is 2. The summed E-state index contributed by atoms with van der Waals surface area (Å²) in [6, 6.07) is 10.0. The maximum Gasteiger partial charge on any atom is 0.270 e. The number of hydrogen-bond donors (Lipinski definition) is 1. The van der Waals surface area contributed by atoms with Crippen LogP contribution in [0.15, 0.2) is 55.5 Å². The van der Waals surface area contributed by atoms with E-state index in [4.69, 9.17) is 4.42 Å². The molecule has 0 atom stereocenters. The molecule has 140 valence electrons. The lowest BCUT2D eigenvalue weighted by Gasteiger charge is -2.05. The highest BCUT2D eigenvalue weighted by molar-refractivity contribution is 7.89. The van der Waals surface area contributed by atoms with Crippen molar-refractivity contribution >= 4 is 27.4 Å². The van der Waals surface area contributed by atoms with Crippen LogP contribution in [0.4, 0.5) is 0 Å². The fraction of sp³-hybridized carbons (Fsp3) is 0.222. The number of furan rings is 1. The molecule has 0 saturated heterocycles. The first-order valence-corrected chi connectivity index (χ1v) is 10.6. The van der Waals surface area contributed by atoms with Gasteiger partial charge in [0.2, 0.25) is 10.0 Å². The van der Waals surface area contributed by atoms with Crippen molar-refractivity contribution in [2.75, 3.05) is 6.54 Å². The average Bonchev–Trinajstić information content (AvgIpc) is 3.34. The van der Waals surface area contributed by atoms with Gasteiger partial charge in [-0.15, -0.1) is 0 Å². The van der Waals surface area contributed by atoms with Crippen LogP contribution < -0.4 is 19.6 Å². The molecule has 0 unspecified atom stereocenters. The molecule has 0 spiro atoms. The lowest BCUT2D eigenvalue weighted by molar-refractivity contribution is 0.491. The summed E-state index contributed by atoms with van der Waals surface area (Å²) in [6.45, 7) is 3.18. The Bertz CT molecular complexity index is 1270. The maximum absolute atomic E-state index is 12.3. The number of hydrogen-bond acceptors (Lipinski definition) is 6. The number of fused-ring (bicyclic) bond motifs is 1. The van der Waals surface area contributed by atoms with E-state index >= 15 is 0 Å². The van der Waals surface area contributed by atoms with Gasteiger partial charge in [0, 0.05) is 12.6 Å². The van der Waals surface area contributed by atoms with Crippen molar-refractivity contribution in [2.24, 2.45) is 4.99 Å². The minimum Gasteiger partial charge on any atom is -0.460 e. The first kappa shape index (κ1) is 17.9. The molecule has 4 rings (SSSR count). The van der Waals surface area contributed by atoms with Crippen LogP contribution >= 0.6 is 11.3 Å². The zero-order chi connectivity index (χ0) is 19.0. The summed E-state index contributed by atoms with van der Waals surface area (Å²) < 4.78 is 35.0. The van der Waals surface area contributed by atoms with E-state index in [-0.39, 0.29) is 17.0 Å². The van der Waals surface area contributed by atoms with Gasteiger partial charge in [0.25, 0.3) is 5.56 Å². The highest BCUT2D eigenvalue weighted by Gasteiger charge is 2.14. The first-order valence-electron chi connectivity index (χ1n) is 8.33. The van der Waals surface area contributed by atoms with Gasteiger partial charge in [-0.2, -0.15) is 0 Å². The molecule has 2 aromatic heterocycles. The average molecular weight is 403 g/mol. The smallest absolute Gasteiger partial charge is 0.270 e. The number of aromatic nitrogens is 1. The van der Waals surface area contributed by atoms with Crippen LogP contribution in [0.2, 0.25) is 0 Å². The summed E-state index contributed by atoms with van der Waals surface area (Å²) in [4.78, 5) is 17.5. The zero-order valence-electron chi connectivity index (χ0n) is 14.5. The van der Waals surface area contributed by atoms with Gasteiger partial charge in [-0.25, -0.2) is 13.1 Å². The van der Waals surface area contributed by atoms with Gasteiger partial charge in [0.15, 0.2) is 4.80 Å². The highest BCUT2D eigenvalue weighted by atomic mass is 32.2. The first-order chi connectivity index (χ1) is 12.9. The number of sulfonamides is 1. The van der Waals surface area contributed by atoms with Gasteiger partial charge in [-0.05, 0) is 31.2 Å².